The molecule has 2 rings (SSSR count). The van der Waals surface area contributed by atoms with E-state index in [1.165, 1.54) is 0 Å². The van der Waals surface area contributed by atoms with Crippen LogP contribution < -0.4 is 11.1 Å². The summed E-state index contributed by atoms with van der Waals surface area (Å²) in [4.78, 5) is 11.7. The lowest BCUT2D eigenvalue weighted by atomic mass is 10.2. The van der Waals surface area contributed by atoms with Gasteiger partial charge in [0.1, 0.15) is 6.10 Å². The van der Waals surface area contributed by atoms with Crippen LogP contribution in [0.1, 0.15) is 18.4 Å². The Bertz CT molecular complexity index is 339. The zero-order chi connectivity index (χ0) is 11.4. The Morgan fingerprint density at radius 2 is 2.56 bits per heavy atom. The van der Waals surface area contributed by atoms with Gasteiger partial charge in [-0.1, -0.05) is 0 Å². The molecule has 88 valence electrons. The Morgan fingerprint density at radius 3 is 3.19 bits per heavy atom. The van der Waals surface area contributed by atoms with Crippen LogP contribution in [0.25, 0.3) is 0 Å². The Labute approximate surface area is 93.5 Å². The van der Waals surface area contributed by atoms with Crippen molar-refractivity contribution in [3.63, 3.8) is 0 Å². The Morgan fingerprint density at radius 1 is 1.69 bits per heavy atom. The van der Waals surface area contributed by atoms with Crippen molar-refractivity contribution in [2.45, 2.75) is 31.6 Å². The van der Waals surface area contributed by atoms with E-state index in [-0.39, 0.29) is 18.1 Å². The quantitative estimate of drug-likeness (QED) is 0.644. The number of rotatable bonds is 4. The van der Waals surface area contributed by atoms with E-state index in [1.54, 1.807) is 12.4 Å². The van der Waals surface area contributed by atoms with Crippen LogP contribution in [0.15, 0.2) is 12.4 Å². The van der Waals surface area contributed by atoms with Crippen molar-refractivity contribution in [1.29, 1.82) is 0 Å². The van der Waals surface area contributed by atoms with E-state index >= 15 is 0 Å². The summed E-state index contributed by atoms with van der Waals surface area (Å²) in [5.74, 6) is -0.0721. The highest BCUT2D eigenvalue weighted by atomic mass is 16.5. The lowest BCUT2D eigenvalue weighted by Crippen LogP contribution is -2.35. The monoisotopic (exact) mass is 224 g/mol. The zero-order valence-corrected chi connectivity index (χ0v) is 8.98. The van der Waals surface area contributed by atoms with Gasteiger partial charge in [0.05, 0.1) is 12.3 Å². The minimum Gasteiger partial charge on any atom is -0.364 e. The first kappa shape index (κ1) is 11.1. The molecule has 1 aromatic heterocycles. The van der Waals surface area contributed by atoms with Crippen LogP contribution in [0.5, 0.6) is 0 Å². The summed E-state index contributed by atoms with van der Waals surface area (Å²) in [7, 11) is 0. The fraction of sp³-hybridized carbons (Fsp3) is 0.600. The van der Waals surface area contributed by atoms with Crippen molar-refractivity contribution in [3.05, 3.63) is 18.0 Å². The van der Waals surface area contributed by atoms with E-state index in [1.807, 2.05) is 0 Å². The van der Waals surface area contributed by atoms with Crippen molar-refractivity contribution < 1.29 is 9.53 Å². The van der Waals surface area contributed by atoms with E-state index in [0.717, 1.165) is 18.4 Å². The number of aromatic amines is 1. The van der Waals surface area contributed by atoms with Gasteiger partial charge in [0.15, 0.2) is 0 Å². The summed E-state index contributed by atoms with van der Waals surface area (Å²) < 4.78 is 5.48. The highest BCUT2D eigenvalue weighted by Crippen LogP contribution is 2.18. The highest BCUT2D eigenvalue weighted by molar-refractivity contribution is 5.80. The fourth-order valence-corrected chi connectivity index (χ4v) is 1.75. The number of nitrogens with one attached hydrogen (secondary N) is 2. The third-order valence-corrected chi connectivity index (χ3v) is 2.68. The number of aromatic nitrogens is 2. The van der Waals surface area contributed by atoms with Gasteiger partial charge >= 0.3 is 0 Å². The van der Waals surface area contributed by atoms with Crippen molar-refractivity contribution in [1.82, 2.24) is 15.5 Å². The van der Waals surface area contributed by atoms with Crippen molar-refractivity contribution >= 4 is 5.91 Å². The second-order valence-electron chi connectivity index (χ2n) is 3.88. The van der Waals surface area contributed by atoms with Crippen LogP contribution in [0, 0.1) is 0 Å². The number of carbonyl (C=O) groups is 1. The van der Waals surface area contributed by atoms with Crippen molar-refractivity contribution in [2.24, 2.45) is 5.73 Å². The van der Waals surface area contributed by atoms with Gasteiger partial charge in [0.2, 0.25) is 5.91 Å². The van der Waals surface area contributed by atoms with Gasteiger partial charge in [-0.25, -0.2) is 0 Å². The normalized spacial score (nSPS) is 24.6. The van der Waals surface area contributed by atoms with Gasteiger partial charge in [-0.2, -0.15) is 5.10 Å². The molecular formula is C10H16N4O2. The SMILES string of the molecule is NCC1CCC(C(=O)NCc2cn[nH]c2)O1. The highest BCUT2D eigenvalue weighted by Gasteiger charge is 2.29. The summed E-state index contributed by atoms with van der Waals surface area (Å²) in [6.07, 6.45) is 4.72. The molecule has 4 N–H and O–H groups in total. The van der Waals surface area contributed by atoms with Gasteiger partial charge in [0, 0.05) is 24.8 Å². The van der Waals surface area contributed by atoms with Gasteiger partial charge in [-0.3, -0.25) is 9.89 Å². The molecule has 0 aromatic carbocycles. The number of nitrogens with two attached hydrogens (primary N) is 1. The number of hydrogen-bond donors (Lipinski definition) is 3. The molecule has 1 aliphatic heterocycles. The summed E-state index contributed by atoms with van der Waals surface area (Å²) in [5.41, 5.74) is 6.42. The molecule has 1 saturated heterocycles. The van der Waals surface area contributed by atoms with E-state index in [4.69, 9.17) is 10.5 Å². The maximum Gasteiger partial charge on any atom is 0.249 e. The zero-order valence-electron chi connectivity index (χ0n) is 8.98. The second kappa shape index (κ2) is 5.09. The third kappa shape index (κ3) is 2.59. The van der Waals surface area contributed by atoms with Crippen LogP contribution in [-0.4, -0.2) is 34.9 Å². The van der Waals surface area contributed by atoms with Crippen LogP contribution in [-0.2, 0) is 16.1 Å². The molecule has 2 heterocycles. The molecule has 16 heavy (non-hydrogen) atoms. The van der Waals surface area contributed by atoms with Crippen LogP contribution in [0.2, 0.25) is 0 Å². The number of carbonyl (C=O) groups excluding carboxylic acids is 1. The molecule has 0 aliphatic carbocycles. The molecule has 0 bridgehead atoms. The fourth-order valence-electron chi connectivity index (χ4n) is 1.75. The molecule has 1 fully saturated rings. The molecular weight excluding hydrogens is 208 g/mol. The summed E-state index contributed by atoms with van der Waals surface area (Å²) in [6, 6.07) is 0. The van der Waals surface area contributed by atoms with Crippen LogP contribution >= 0.6 is 0 Å². The first-order valence-corrected chi connectivity index (χ1v) is 5.40. The van der Waals surface area contributed by atoms with Gasteiger partial charge in [-0.15, -0.1) is 0 Å². The number of ether oxygens (including phenoxy) is 1. The first-order chi connectivity index (χ1) is 7.79. The van der Waals surface area contributed by atoms with E-state index < -0.39 is 0 Å². The molecule has 1 aliphatic rings. The molecule has 2 atom stereocenters. The molecule has 6 heteroatoms. The second-order valence-corrected chi connectivity index (χ2v) is 3.88. The molecule has 1 aromatic rings. The average molecular weight is 224 g/mol. The van der Waals surface area contributed by atoms with E-state index in [0.29, 0.717) is 13.1 Å². The summed E-state index contributed by atoms with van der Waals surface area (Å²) >= 11 is 0. The average Bonchev–Trinajstić information content (AvgIpc) is 2.96. The molecule has 1 amide bonds. The molecule has 6 nitrogen and oxygen atoms in total. The van der Waals surface area contributed by atoms with Gasteiger partial charge in [0.25, 0.3) is 0 Å². The van der Waals surface area contributed by atoms with Gasteiger partial charge in [-0.05, 0) is 12.8 Å². The molecule has 0 radical (unpaired) electrons. The van der Waals surface area contributed by atoms with E-state index in [9.17, 15) is 4.79 Å². The lowest BCUT2D eigenvalue weighted by Gasteiger charge is -2.11. The maximum atomic E-state index is 11.7. The topological polar surface area (TPSA) is 93.0 Å². The predicted molar refractivity (Wildman–Crippen MR) is 57.4 cm³/mol. The smallest absolute Gasteiger partial charge is 0.249 e. The third-order valence-electron chi connectivity index (χ3n) is 2.68. The van der Waals surface area contributed by atoms with Crippen molar-refractivity contribution in [2.75, 3.05) is 6.54 Å². The number of nitrogens with zero attached hydrogens (tertiary/aromatic N) is 1. The van der Waals surface area contributed by atoms with Gasteiger partial charge < -0.3 is 15.8 Å². The minimum atomic E-state index is -0.347. The van der Waals surface area contributed by atoms with Crippen molar-refractivity contribution in [3.8, 4) is 0 Å². The summed E-state index contributed by atoms with van der Waals surface area (Å²) in [6.45, 7) is 0.952. The number of hydrogen-bond acceptors (Lipinski definition) is 4. The van der Waals surface area contributed by atoms with Crippen LogP contribution in [0.3, 0.4) is 0 Å². The predicted octanol–water partition coefficient (Wildman–Crippen LogP) is -0.468. The minimum absolute atomic E-state index is 0.0321. The molecule has 0 saturated carbocycles. The summed E-state index contributed by atoms with van der Waals surface area (Å²) in [5, 5.41) is 9.30. The Hall–Kier alpha value is -1.40. The number of amides is 1. The Kier molecular flexibility index (Phi) is 3.53. The van der Waals surface area contributed by atoms with Crippen LogP contribution in [0.4, 0.5) is 0 Å². The molecule has 0 spiro atoms. The maximum absolute atomic E-state index is 11.7. The number of H-pyrrole nitrogens is 1. The largest absolute Gasteiger partial charge is 0.364 e. The first-order valence-electron chi connectivity index (χ1n) is 5.40. The molecule has 2 unspecified atom stereocenters. The van der Waals surface area contributed by atoms with E-state index in [2.05, 4.69) is 15.5 Å². The lowest BCUT2D eigenvalue weighted by molar-refractivity contribution is -0.132. The standard InChI is InChI=1S/C10H16N4O2/c11-3-8-1-2-9(16-8)10(15)12-4-7-5-13-14-6-7/h5-6,8-9H,1-4,11H2,(H,12,15)(H,13,14). The Balaban J connectivity index is 1.76.